The van der Waals surface area contributed by atoms with Gasteiger partial charge in [0.25, 0.3) is 5.56 Å². The van der Waals surface area contributed by atoms with Crippen LogP contribution in [-0.2, 0) is 5.54 Å². The van der Waals surface area contributed by atoms with E-state index in [0.717, 1.165) is 16.7 Å². The van der Waals surface area contributed by atoms with Gasteiger partial charge in [-0.2, -0.15) is 0 Å². The Morgan fingerprint density at radius 1 is 1.12 bits per heavy atom. The fourth-order valence-corrected chi connectivity index (χ4v) is 1.94. The number of benzene rings is 1. The number of aromatic amines is 1. The first-order valence-corrected chi connectivity index (χ1v) is 5.78. The Kier molecular flexibility index (Phi) is 2.69. The topological polar surface area (TPSA) is 37.8 Å². The zero-order valence-corrected chi connectivity index (χ0v) is 10.7. The minimum atomic E-state index is -0.224. The minimum Gasteiger partial charge on any atom is -0.302 e. The average molecular weight is 230 g/mol. The second kappa shape index (κ2) is 3.91. The third-order valence-corrected chi connectivity index (χ3v) is 2.88. The van der Waals surface area contributed by atoms with Crippen molar-refractivity contribution in [2.24, 2.45) is 0 Å². The van der Waals surface area contributed by atoms with E-state index < -0.39 is 0 Å². The predicted octanol–water partition coefficient (Wildman–Crippen LogP) is 2.91. The Hall–Kier alpha value is -1.77. The monoisotopic (exact) mass is 230 g/mol. The molecule has 0 aliphatic carbocycles. The number of rotatable bonds is 1. The molecule has 0 aliphatic rings. The highest BCUT2D eigenvalue weighted by molar-refractivity contribution is 5.65. The molecule has 0 saturated carbocycles. The maximum Gasteiger partial charge on any atom is 0.274 e. The first kappa shape index (κ1) is 11.7. The van der Waals surface area contributed by atoms with E-state index in [1.54, 1.807) is 10.9 Å². The Balaban J connectivity index is 2.61. The molecule has 0 saturated heterocycles. The third-order valence-electron chi connectivity index (χ3n) is 2.88. The minimum absolute atomic E-state index is 0.0341. The summed E-state index contributed by atoms with van der Waals surface area (Å²) in [6, 6.07) is 7.93. The fourth-order valence-electron chi connectivity index (χ4n) is 1.94. The number of aryl methyl sites for hydroxylation is 1. The summed E-state index contributed by atoms with van der Waals surface area (Å²) in [5, 5.41) is 3.04. The van der Waals surface area contributed by atoms with Gasteiger partial charge in [0.2, 0.25) is 0 Å². The first-order chi connectivity index (χ1) is 7.91. The summed E-state index contributed by atoms with van der Waals surface area (Å²) in [7, 11) is 0. The van der Waals surface area contributed by atoms with Crippen molar-refractivity contribution in [1.82, 2.24) is 9.78 Å². The van der Waals surface area contributed by atoms with E-state index >= 15 is 0 Å². The zero-order valence-electron chi connectivity index (χ0n) is 10.7. The standard InChI is InChI=1S/C14H18N2O/c1-10-7-5-6-8-11(10)12-9-15-16(13(12)17)14(2,3)4/h5-9,15H,1-4H3. The lowest BCUT2D eigenvalue weighted by Gasteiger charge is -2.18. The van der Waals surface area contributed by atoms with E-state index in [0.29, 0.717) is 0 Å². The molecule has 1 N–H and O–H groups in total. The van der Waals surface area contributed by atoms with Gasteiger partial charge in [0, 0.05) is 6.20 Å². The summed E-state index contributed by atoms with van der Waals surface area (Å²) in [5.41, 5.74) is 2.66. The molecule has 3 nitrogen and oxygen atoms in total. The average Bonchev–Trinajstić information content (AvgIpc) is 2.60. The number of hydrogen-bond donors (Lipinski definition) is 1. The van der Waals surface area contributed by atoms with E-state index in [9.17, 15) is 4.79 Å². The molecule has 0 unspecified atom stereocenters. The fraction of sp³-hybridized carbons (Fsp3) is 0.357. The highest BCUT2D eigenvalue weighted by Gasteiger charge is 2.19. The molecule has 0 atom stereocenters. The van der Waals surface area contributed by atoms with Crippen molar-refractivity contribution >= 4 is 0 Å². The van der Waals surface area contributed by atoms with Crippen molar-refractivity contribution in [2.45, 2.75) is 33.2 Å². The van der Waals surface area contributed by atoms with Crippen LogP contribution in [0.5, 0.6) is 0 Å². The molecule has 0 spiro atoms. The van der Waals surface area contributed by atoms with Crippen molar-refractivity contribution in [2.75, 3.05) is 0 Å². The molecule has 2 aromatic rings. The maximum absolute atomic E-state index is 12.3. The van der Waals surface area contributed by atoms with Gasteiger partial charge in [-0.1, -0.05) is 24.3 Å². The van der Waals surface area contributed by atoms with Crippen LogP contribution in [0, 0.1) is 6.92 Å². The smallest absolute Gasteiger partial charge is 0.274 e. The second-order valence-corrected chi connectivity index (χ2v) is 5.31. The molecular formula is C14H18N2O. The summed E-state index contributed by atoms with van der Waals surface area (Å²) < 4.78 is 1.66. The van der Waals surface area contributed by atoms with Crippen LogP contribution in [-0.4, -0.2) is 9.78 Å². The van der Waals surface area contributed by atoms with Crippen LogP contribution in [0.15, 0.2) is 35.3 Å². The van der Waals surface area contributed by atoms with Gasteiger partial charge in [-0.15, -0.1) is 0 Å². The van der Waals surface area contributed by atoms with Crippen LogP contribution in [0.1, 0.15) is 26.3 Å². The molecule has 0 aliphatic heterocycles. The molecule has 17 heavy (non-hydrogen) atoms. The molecular weight excluding hydrogens is 212 g/mol. The lowest BCUT2D eigenvalue weighted by atomic mass is 10.0. The quantitative estimate of drug-likeness (QED) is 0.803. The normalized spacial score (nSPS) is 11.8. The molecule has 1 heterocycles. The Morgan fingerprint density at radius 2 is 1.76 bits per heavy atom. The number of aromatic nitrogens is 2. The highest BCUT2D eigenvalue weighted by atomic mass is 16.1. The summed E-state index contributed by atoms with van der Waals surface area (Å²) in [6.45, 7) is 8.04. The third kappa shape index (κ3) is 2.05. The SMILES string of the molecule is Cc1ccccc1-c1c[nH]n(C(C)(C)C)c1=O. The lowest BCUT2D eigenvalue weighted by Crippen LogP contribution is -2.32. The van der Waals surface area contributed by atoms with E-state index in [1.807, 2.05) is 52.0 Å². The van der Waals surface area contributed by atoms with E-state index in [4.69, 9.17) is 0 Å². The van der Waals surface area contributed by atoms with Crippen LogP contribution in [0.3, 0.4) is 0 Å². The predicted molar refractivity (Wildman–Crippen MR) is 70.2 cm³/mol. The van der Waals surface area contributed by atoms with Crippen LogP contribution < -0.4 is 5.56 Å². The first-order valence-electron chi connectivity index (χ1n) is 5.78. The molecule has 1 aromatic carbocycles. The summed E-state index contributed by atoms with van der Waals surface area (Å²) in [4.78, 5) is 12.3. The number of nitrogens with one attached hydrogen (secondary N) is 1. The van der Waals surface area contributed by atoms with Crippen LogP contribution in [0.2, 0.25) is 0 Å². The van der Waals surface area contributed by atoms with Crippen LogP contribution in [0.25, 0.3) is 11.1 Å². The van der Waals surface area contributed by atoms with Gasteiger partial charge in [-0.05, 0) is 38.8 Å². The highest BCUT2D eigenvalue weighted by Crippen LogP contribution is 2.20. The van der Waals surface area contributed by atoms with Gasteiger partial charge in [-0.25, -0.2) is 4.68 Å². The van der Waals surface area contributed by atoms with Gasteiger partial charge in [-0.3, -0.25) is 4.79 Å². The molecule has 2 rings (SSSR count). The van der Waals surface area contributed by atoms with E-state index in [2.05, 4.69) is 5.10 Å². The Labute approximate surface area is 101 Å². The number of H-pyrrole nitrogens is 1. The van der Waals surface area contributed by atoms with Gasteiger partial charge in [0.1, 0.15) is 0 Å². The molecule has 90 valence electrons. The Bertz CT molecular complexity index is 585. The summed E-state index contributed by atoms with van der Waals surface area (Å²) >= 11 is 0. The van der Waals surface area contributed by atoms with E-state index in [-0.39, 0.29) is 11.1 Å². The van der Waals surface area contributed by atoms with Crippen LogP contribution in [0.4, 0.5) is 0 Å². The molecule has 1 aromatic heterocycles. The second-order valence-electron chi connectivity index (χ2n) is 5.31. The van der Waals surface area contributed by atoms with Crippen molar-refractivity contribution in [1.29, 1.82) is 0 Å². The number of hydrogen-bond acceptors (Lipinski definition) is 1. The van der Waals surface area contributed by atoms with Crippen molar-refractivity contribution < 1.29 is 0 Å². The van der Waals surface area contributed by atoms with Gasteiger partial charge < -0.3 is 5.10 Å². The molecule has 0 amide bonds. The van der Waals surface area contributed by atoms with E-state index in [1.165, 1.54) is 0 Å². The molecule has 0 fully saturated rings. The molecule has 0 radical (unpaired) electrons. The van der Waals surface area contributed by atoms with Crippen molar-refractivity contribution in [3.8, 4) is 11.1 Å². The van der Waals surface area contributed by atoms with Crippen LogP contribution >= 0.6 is 0 Å². The molecule has 3 heteroatoms. The maximum atomic E-state index is 12.3. The lowest BCUT2D eigenvalue weighted by molar-refractivity contribution is 0.346. The zero-order chi connectivity index (χ0) is 12.6. The van der Waals surface area contributed by atoms with Gasteiger partial charge in [0.15, 0.2) is 0 Å². The number of nitrogens with zero attached hydrogens (tertiary/aromatic N) is 1. The summed E-state index contributed by atoms with van der Waals surface area (Å²) in [5.74, 6) is 0. The van der Waals surface area contributed by atoms with Gasteiger partial charge >= 0.3 is 0 Å². The van der Waals surface area contributed by atoms with Gasteiger partial charge in [0.05, 0.1) is 11.1 Å². The van der Waals surface area contributed by atoms with Crippen molar-refractivity contribution in [3.63, 3.8) is 0 Å². The molecule has 0 bridgehead atoms. The Morgan fingerprint density at radius 3 is 2.29 bits per heavy atom. The largest absolute Gasteiger partial charge is 0.302 e. The summed E-state index contributed by atoms with van der Waals surface area (Å²) in [6.07, 6.45) is 1.79. The van der Waals surface area contributed by atoms with Crippen molar-refractivity contribution in [3.05, 3.63) is 46.4 Å².